The van der Waals surface area contributed by atoms with Crippen molar-refractivity contribution >= 4 is 73.9 Å². The first-order valence-electron chi connectivity index (χ1n) is 34.4. The van der Waals surface area contributed by atoms with Crippen molar-refractivity contribution in [2.45, 2.75) is 60.7 Å². The second-order valence-electron chi connectivity index (χ2n) is 24.8. The van der Waals surface area contributed by atoms with Crippen LogP contribution in [0.5, 0.6) is 28.7 Å². The van der Waals surface area contributed by atoms with Crippen molar-refractivity contribution in [3.63, 3.8) is 0 Å². The van der Waals surface area contributed by atoms with Crippen LogP contribution in [0.25, 0.3) is 28.4 Å². The van der Waals surface area contributed by atoms with Crippen molar-refractivity contribution in [1.82, 2.24) is 99.0 Å². The molecule has 5 heterocycles. The van der Waals surface area contributed by atoms with E-state index in [0.29, 0.717) is 88.7 Å². The topological polar surface area (TPSA) is 310 Å². The predicted molar refractivity (Wildman–Crippen MR) is 433 cm³/mol. The van der Waals surface area contributed by atoms with Crippen LogP contribution in [0.2, 0.25) is 25.1 Å². The molecule has 0 aliphatic rings. The van der Waals surface area contributed by atoms with E-state index < -0.39 is 0 Å². The molecule has 0 aliphatic carbocycles. The number of aryl methyl sites for hydroxylation is 9. The number of para-hydroxylation sites is 1. The number of benzene rings is 10. The molecular weight excluding hydrogens is 2090 g/mol. The summed E-state index contributed by atoms with van der Waals surface area (Å²) in [5.41, 5.74) is 9.40. The molecule has 0 atom stereocenters. The fourth-order valence-corrected chi connectivity index (χ4v) is 12.1. The Labute approximate surface area is 846 Å². The first kappa shape index (κ1) is 102. The van der Waals surface area contributed by atoms with Crippen LogP contribution in [0.4, 0.5) is 0 Å². The maximum Gasteiger partial charge on any atom is 0.368 e. The Morgan fingerprint density at radius 2 is 0.617 bits per heavy atom. The maximum absolute atomic E-state index is 12.2. The van der Waals surface area contributed by atoms with Crippen LogP contribution in [0.1, 0.15) is 50.1 Å². The Hall–Kier alpha value is -7.00. The van der Waals surface area contributed by atoms with E-state index in [1.165, 1.54) is 44.5 Å². The zero-order valence-corrected chi connectivity index (χ0v) is 85.1. The average molecular weight is 2160 g/mol. The van der Waals surface area contributed by atoms with E-state index in [0.717, 1.165) is 64.1 Å². The first-order chi connectivity index (χ1) is 55.4. The van der Waals surface area contributed by atoms with Crippen molar-refractivity contribution < 1.29 is 187 Å². The van der Waals surface area contributed by atoms with Crippen molar-refractivity contribution in [1.29, 1.82) is 0 Å². The number of aromatic nitrogens is 20. The maximum atomic E-state index is 12.2. The number of tetrazole rings is 5. The van der Waals surface area contributed by atoms with Crippen LogP contribution >= 0.6 is 73.9 Å². The van der Waals surface area contributed by atoms with Gasteiger partial charge in [-0.15, -0.1) is 35.9 Å². The van der Waals surface area contributed by atoms with Gasteiger partial charge in [0.15, 0.2) is 0 Å². The molecule has 0 saturated carbocycles. The molecule has 120 heavy (non-hydrogen) atoms. The van der Waals surface area contributed by atoms with Crippen LogP contribution in [0.15, 0.2) is 210 Å². The summed E-state index contributed by atoms with van der Waals surface area (Å²) >= 11 is 34.0. The third kappa shape index (κ3) is 26.1. The van der Waals surface area contributed by atoms with Gasteiger partial charge in [-0.25, -0.2) is 24.0 Å². The molecule has 0 bridgehead atoms. The van der Waals surface area contributed by atoms with Crippen LogP contribution in [-0.4, -0.2) is 99.0 Å². The van der Waals surface area contributed by atoms with E-state index in [2.05, 4.69) is 98.4 Å². The minimum Gasteiger partial charge on any atom is -0.514 e. The molecule has 605 valence electrons. The zero-order valence-electron chi connectivity index (χ0n) is 65.5. The molecular formula is C79H67BrCl5N20O10Y5-5. The Balaban J connectivity index is 0.000000230. The molecule has 0 amide bonds. The first-order valence-corrected chi connectivity index (χ1v) is 37.1. The largest absolute Gasteiger partial charge is 0.514 e. The molecule has 5 radical (unpaired) electrons. The summed E-state index contributed by atoms with van der Waals surface area (Å²) in [6, 6.07) is 68.1. The molecule has 0 fully saturated rings. The number of rotatable bonds is 20. The van der Waals surface area contributed by atoms with E-state index in [1.807, 2.05) is 107 Å². The molecule has 0 N–H and O–H groups in total. The molecule has 5 aromatic heterocycles. The molecule has 15 aromatic rings. The molecule has 10 aromatic carbocycles. The smallest absolute Gasteiger partial charge is 0.368 e. The summed E-state index contributed by atoms with van der Waals surface area (Å²) in [7, 11) is 7.74. The number of halogens is 6. The van der Waals surface area contributed by atoms with Gasteiger partial charge < -0.3 is 23.7 Å². The van der Waals surface area contributed by atoms with Gasteiger partial charge in [-0.05, 0) is 140 Å². The number of hydrogen-bond acceptors (Lipinski definition) is 20. The minimum atomic E-state index is -0.374. The second-order valence-corrected chi connectivity index (χ2v) is 27.7. The Morgan fingerprint density at radius 1 is 0.317 bits per heavy atom. The van der Waals surface area contributed by atoms with Gasteiger partial charge in [0, 0.05) is 265 Å². The normalized spacial score (nSPS) is 10.3. The van der Waals surface area contributed by atoms with Gasteiger partial charge in [0.2, 0.25) is 0 Å². The summed E-state index contributed by atoms with van der Waals surface area (Å²) in [5, 5.41) is 40.4. The van der Waals surface area contributed by atoms with Gasteiger partial charge in [0.05, 0.1) is 28.4 Å². The molecule has 41 heteroatoms. The molecule has 0 aliphatic heterocycles. The number of nitrogens with zero attached hydrogens (tertiary/aromatic N) is 20. The summed E-state index contributed by atoms with van der Waals surface area (Å²) in [4.78, 5) is 60.4. The predicted octanol–water partition coefficient (Wildman–Crippen LogP) is 12.0. The van der Waals surface area contributed by atoms with E-state index >= 15 is 0 Å². The summed E-state index contributed by atoms with van der Waals surface area (Å²) in [6.45, 7) is 9.09. The van der Waals surface area contributed by atoms with Crippen LogP contribution in [0, 0.1) is 58.0 Å². The Kier molecular flexibility index (Phi) is 41.5. The average Bonchev–Trinajstić information content (AvgIpc) is 1.59. The summed E-state index contributed by atoms with van der Waals surface area (Å²) < 4.78 is 41.8. The second kappa shape index (κ2) is 48.9. The number of ether oxygens (including phenoxy) is 5. The molecule has 15 rings (SSSR count). The van der Waals surface area contributed by atoms with Crippen LogP contribution in [-0.2, 0) is 232 Å². The van der Waals surface area contributed by atoms with Crippen molar-refractivity contribution in [2.75, 3.05) is 0 Å². The van der Waals surface area contributed by atoms with Crippen molar-refractivity contribution in [3.05, 3.63) is 344 Å². The van der Waals surface area contributed by atoms with Crippen LogP contribution in [0.3, 0.4) is 0 Å². The third-order valence-corrected chi connectivity index (χ3v) is 19.2. The van der Waals surface area contributed by atoms with Gasteiger partial charge >= 0.3 is 28.4 Å². The van der Waals surface area contributed by atoms with E-state index in [4.69, 9.17) is 81.7 Å². The Bertz CT molecular complexity index is 5920. The SMILES string of the molecule is Cc1[c-]cc(C)c(OCc2c(C)cccc2-n2nnn(C)c2=O)c1.Cc1cccc(-n2nnn(C)c2=O)c1COc1cc[c-]cc1Cl.Cn1nnn(-c2cccc(Br)c2COc2cc[c-]cc2Cl)c1=O.Cn1nnn(-c2cccc(Cl)c2COc2cc[c-]cc2Cl)c1=O.Cn1nnn(-c2ccccc2COc2cc[c-]cc2Cl)c1=O.[Y].[Y].[Y].[Y].[Y]. The summed E-state index contributed by atoms with van der Waals surface area (Å²) in [6.07, 6.45) is 0. The van der Waals surface area contributed by atoms with Crippen molar-refractivity contribution in [2.24, 2.45) is 35.2 Å². The van der Waals surface area contributed by atoms with Crippen LogP contribution < -0.4 is 52.1 Å². The Morgan fingerprint density at radius 3 is 0.983 bits per heavy atom. The minimum absolute atomic E-state index is 0. The molecule has 30 nitrogen and oxygen atoms in total. The fourth-order valence-electron chi connectivity index (χ4n) is 10.7. The summed E-state index contributed by atoms with van der Waals surface area (Å²) in [5.74, 6) is 2.97. The van der Waals surface area contributed by atoms with Crippen molar-refractivity contribution in [3.8, 4) is 57.2 Å². The van der Waals surface area contributed by atoms with E-state index in [9.17, 15) is 24.0 Å². The van der Waals surface area contributed by atoms with Gasteiger partial charge in [0.25, 0.3) is 0 Å². The monoisotopic (exact) mass is 2150 g/mol. The van der Waals surface area contributed by atoms with Gasteiger partial charge in [0.1, 0.15) is 33.0 Å². The molecule has 0 saturated heterocycles. The quantitative estimate of drug-likeness (QED) is 0.0640. The third-order valence-electron chi connectivity index (χ3n) is 16.9. The van der Waals surface area contributed by atoms with E-state index in [1.54, 1.807) is 131 Å². The fraction of sp³-hybridized carbons (Fsp3) is 0.177. The molecule has 0 unspecified atom stereocenters. The molecule has 0 spiro atoms. The van der Waals surface area contributed by atoms with Gasteiger partial charge in [-0.1, -0.05) is 96.0 Å². The standard InChI is InChI=1S/C18H19N4O2.C16H14ClN4O2.C15H11BrClN4O2.C15H11Cl2N4O2.C15H12ClN4O2.5Y/c1-12-8-9-14(3)17(10-12)24-11-15-13(2)6-5-7-16(15)22-18(23)21(4)19-20-22;1-11-6-5-8-14(21-16(22)20(2)18-19-21)12(11)10-23-15-9-4-3-7-13(15)17;1-20-15(22)21(19-18-20)13-7-4-5-11(16)10(13)9-23-14-8-3-2-6-12(14)17;1-20-15(22)21(19-18-20)13-7-4-6-11(16)10(13)9-23-14-8-3-2-5-12(14)17;1-19-15(21)20(18-17-19)13-8-4-2-6-11(13)10-22-14-9-5-3-7-12(14)16;;;;;/h5-7,9-10H,11H2,1-4H3;4-9H,10H2,1-2H3;2*3-8H,9H2,1H3;2,4-9H,10H2,1H3;;;;;/q5*-1;;;;;. The number of hydrogen-bond donors (Lipinski definition) is 0. The zero-order chi connectivity index (χ0) is 82.0. The van der Waals surface area contributed by atoms with Gasteiger partial charge in [-0.2, -0.15) is 184 Å². The van der Waals surface area contributed by atoms with E-state index in [-0.39, 0.29) is 218 Å². The van der Waals surface area contributed by atoms with Gasteiger partial charge in [-0.3, -0.25) is 0 Å².